The van der Waals surface area contributed by atoms with Gasteiger partial charge in [-0.3, -0.25) is 9.69 Å². The van der Waals surface area contributed by atoms with Crippen LogP contribution in [-0.2, 0) is 4.79 Å². The molecule has 0 aromatic heterocycles. The van der Waals surface area contributed by atoms with Crippen molar-refractivity contribution >= 4 is 5.91 Å². The smallest absolute Gasteiger partial charge is 0.228 e. The molecule has 4 heterocycles. The summed E-state index contributed by atoms with van der Waals surface area (Å²) in [5.74, 6) is 1.53. The monoisotopic (exact) mass is 328 g/mol. The molecule has 1 aromatic rings. The average molecular weight is 328 g/mol. The van der Waals surface area contributed by atoms with Crippen LogP contribution in [0, 0.1) is 11.3 Å². The first-order valence-electron chi connectivity index (χ1n) is 9.20. The van der Waals surface area contributed by atoms with Crippen molar-refractivity contribution in [2.24, 2.45) is 11.3 Å². The lowest BCUT2D eigenvalue weighted by atomic mass is 9.75. The highest BCUT2D eigenvalue weighted by atomic mass is 16.3. The molecule has 4 saturated heterocycles. The van der Waals surface area contributed by atoms with Gasteiger partial charge in [0.25, 0.3) is 0 Å². The largest absolute Gasteiger partial charge is 0.508 e. The van der Waals surface area contributed by atoms with E-state index in [0.717, 1.165) is 19.6 Å². The number of phenolic OH excluding ortho intramolecular Hbond substituents is 1. The summed E-state index contributed by atoms with van der Waals surface area (Å²) in [6.45, 7) is 9.15. The highest BCUT2D eigenvalue weighted by Gasteiger charge is 2.55. The van der Waals surface area contributed by atoms with Gasteiger partial charge >= 0.3 is 0 Å². The van der Waals surface area contributed by atoms with Crippen molar-refractivity contribution < 1.29 is 9.90 Å². The molecule has 1 aromatic carbocycles. The van der Waals surface area contributed by atoms with Crippen LogP contribution in [0.15, 0.2) is 24.3 Å². The van der Waals surface area contributed by atoms with Crippen molar-refractivity contribution in [3.05, 3.63) is 29.8 Å². The van der Waals surface area contributed by atoms with E-state index in [2.05, 4.69) is 15.9 Å². The van der Waals surface area contributed by atoms with Crippen LogP contribution in [0.2, 0.25) is 0 Å². The molecule has 0 saturated carbocycles. The third-order valence-electron chi connectivity index (χ3n) is 6.20. The van der Waals surface area contributed by atoms with E-state index >= 15 is 0 Å². The Hall–Kier alpha value is -1.55. The molecule has 24 heavy (non-hydrogen) atoms. The minimum Gasteiger partial charge on any atom is -0.508 e. The van der Waals surface area contributed by atoms with Gasteiger partial charge in [0.1, 0.15) is 5.75 Å². The zero-order valence-corrected chi connectivity index (χ0v) is 14.9. The molecule has 0 aliphatic carbocycles. The number of hydrogen-bond donors (Lipinski definition) is 1. The van der Waals surface area contributed by atoms with Crippen LogP contribution in [0.3, 0.4) is 0 Å². The van der Waals surface area contributed by atoms with Gasteiger partial charge in [-0.15, -0.1) is 0 Å². The summed E-state index contributed by atoms with van der Waals surface area (Å²) in [6.07, 6.45) is 2.42. The van der Waals surface area contributed by atoms with Gasteiger partial charge in [-0.05, 0) is 49.5 Å². The molecule has 0 spiro atoms. The van der Waals surface area contributed by atoms with E-state index < -0.39 is 0 Å². The maximum Gasteiger partial charge on any atom is 0.228 e. The van der Waals surface area contributed by atoms with Crippen molar-refractivity contribution in [3.63, 3.8) is 0 Å². The molecule has 3 atom stereocenters. The summed E-state index contributed by atoms with van der Waals surface area (Å²) in [6, 6.07) is 8.38. The Bertz CT molecular complexity index is 643. The number of hydrogen-bond acceptors (Lipinski definition) is 3. The Balaban J connectivity index is 1.73. The fourth-order valence-electron chi connectivity index (χ4n) is 5.13. The topological polar surface area (TPSA) is 43.8 Å². The number of phenols is 1. The Morgan fingerprint density at radius 2 is 1.88 bits per heavy atom. The van der Waals surface area contributed by atoms with E-state index in [1.165, 1.54) is 18.4 Å². The molecule has 4 aliphatic rings. The lowest BCUT2D eigenvalue weighted by molar-refractivity contribution is -0.144. The molecular weight excluding hydrogens is 300 g/mol. The third kappa shape index (κ3) is 2.43. The molecule has 4 fully saturated rings. The first-order valence-corrected chi connectivity index (χ1v) is 9.20. The predicted octanol–water partition coefficient (Wildman–Crippen LogP) is 2.83. The first-order chi connectivity index (χ1) is 11.4. The highest BCUT2D eigenvalue weighted by Crippen LogP contribution is 2.47. The lowest BCUT2D eigenvalue weighted by Gasteiger charge is -2.51. The van der Waals surface area contributed by atoms with Crippen LogP contribution >= 0.6 is 0 Å². The van der Waals surface area contributed by atoms with Crippen LogP contribution in [0.1, 0.15) is 45.1 Å². The molecule has 130 valence electrons. The summed E-state index contributed by atoms with van der Waals surface area (Å²) >= 11 is 0. The third-order valence-corrected chi connectivity index (χ3v) is 6.20. The fraction of sp³-hybridized carbons (Fsp3) is 0.650. The molecule has 1 amide bonds. The number of benzene rings is 1. The second-order valence-electron chi connectivity index (χ2n) is 8.76. The van der Waals surface area contributed by atoms with Gasteiger partial charge in [-0.25, -0.2) is 0 Å². The van der Waals surface area contributed by atoms with Crippen LogP contribution in [0.25, 0.3) is 0 Å². The summed E-state index contributed by atoms with van der Waals surface area (Å²) < 4.78 is 0. The quantitative estimate of drug-likeness (QED) is 0.862. The van der Waals surface area contributed by atoms with E-state index in [0.29, 0.717) is 29.7 Å². The number of rotatable bonds is 1. The molecule has 0 unspecified atom stereocenters. The summed E-state index contributed by atoms with van der Waals surface area (Å²) in [5.41, 5.74) is 0.825. The van der Waals surface area contributed by atoms with E-state index in [1.54, 1.807) is 6.07 Å². The average Bonchev–Trinajstić information content (AvgIpc) is 2.97. The van der Waals surface area contributed by atoms with Gasteiger partial charge in [0, 0.05) is 23.9 Å². The first kappa shape index (κ1) is 15.9. The van der Waals surface area contributed by atoms with Crippen LogP contribution in [0.4, 0.5) is 0 Å². The van der Waals surface area contributed by atoms with Crippen molar-refractivity contribution in [1.29, 1.82) is 0 Å². The molecular formula is C20H28N2O2. The molecule has 0 radical (unpaired) electrons. The number of piperidine rings is 3. The van der Waals surface area contributed by atoms with Crippen LogP contribution in [0.5, 0.6) is 5.75 Å². The standard InChI is InChI=1S/C20H28N2O2/c1-20(2,3)19(24)22-12-16(14-5-4-6-15(23)11-14)18-17(22)13-7-9-21(18)10-8-13/h4-6,11,13,16-18,23H,7-10,12H2,1-3H3/t16-,17+,18+/m0/s1. The van der Waals surface area contributed by atoms with Gasteiger partial charge < -0.3 is 10.0 Å². The number of fused-ring (bicyclic) bond motifs is 2. The lowest BCUT2D eigenvalue weighted by Crippen LogP contribution is -2.61. The molecule has 4 heteroatoms. The minimum absolute atomic E-state index is 0.272. The normalized spacial score (nSPS) is 35.1. The Labute approximate surface area is 144 Å². The van der Waals surface area contributed by atoms with E-state index in [9.17, 15) is 9.90 Å². The summed E-state index contributed by atoms with van der Waals surface area (Å²) in [4.78, 5) is 17.9. The molecule has 1 N–H and O–H groups in total. The van der Waals surface area contributed by atoms with Gasteiger partial charge in [-0.2, -0.15) is 0 Å². The van der Waals surface area contributed by atoms with Crippen molar-refractivity contribution in [2.75, 3.05) is 19.6 Å². The van der Waals surface area contributed by atoms with Crippen LogP contribution in [-0.4, -0.2) is 52.5 Å². The Morgan fingerprint density at radius 3 is 2.50 bits per heavy atom. The molecule has 5 rings (SSSR count). The second-order valence-corrected chi connectivity index (χ2v) is 8.76. The molecule has 4 nitrogen and oxygen atoms in total. The Kier molecular flexibility index (Phi) is 3.64. The van der Waals surface area contributed by atoms with Crippen molar-refractivity contribution in [3.8, 4) is 5.75 Å². The number of aromatic hydroxyl groups is 1. The van der Waals surface area contributed by atoms with Gasteiger partial charge in [0.2, 0.25) is 5.91 Å². The predicted molar refractivity (Wildman–Crippen MR) is 93.9 cm³/mol. The highest BCUT2D eigenvalue weighted by molar-refractivity contribution is 5.82. The second kappa shape index (κ2) is 5.48. The summed E-state index contributed by atoms with van der Waals surface area (Å²) in [5, 5.41) is 9.91. The zero-order chi connectivity index (χ0) is 17.1. The van der Waals surface area contributed by atoms with Gasteiger partial charge in [0.05, 0.1) is 6.04 Å². The van der Waals surface area contributed by atoms with E-state index in [-0.39, 0.29) is 11.3 Å². The number of carbonyl (C=O) groups excluding carboxylic acids is 1. The fourth-order valence-corrected chi connectivity index (χ4v) is 5.13. The molecule has 4 aliphatic heterocycles. The number of likely N-dealkylation sites (tertiary alicyclic amines) is 1. The van der Waals surface area contributed by atoms with Gasteiger partial charge in [0.15, 0.2) is 0 Å². The number of nitrogens with zero attached hydrogens (tertiary/aromatic N) is 2. The van der Waals surface area contributed by atoms with Gasteiger partial charge in [-0.1, -0.05) is 32.9 Å². The van der Waals surface area contributed by atoms with Crippen molar-refractivity contribution in [1.82, 2.24) is 9.80 Å². The number of carbonyl (C=O) groups is 1. The van der Waals surface area contributed by atoms with Crippen LogP contribution < -0.4 is 0 Å². The SMILES string of the molecule is CC(C)(C)C(=O)N1C[C@@H](c2cccc(O)c2)[C@@H]2[C@H]1C1CCN2CC1. The number of amides is 1. The summed E-state index contributed by atoms with van der Waals surface area (Å²) in [7, 11) is 0. The Morgan fingerprint density at radius 1 is 1.17 bits per heavy atom. The zero-order valence-electron chi connectivity index (χ0n) is 14.9. The molecule has 2 bridgehead atoms. The minimum atomic E-state index is -0.343. The maximum absolute atomic E-state index is 13.1. The van der Waals surface area contributed by atoms with E-state index in [4.69, 9.17) is 0 Å². The maximum atomic E-state index is 13.1. The van der Waals surface area contributed by atoms with E-state index in [1.807, 2.05) is 32.9 Å². The van der Waals surface area contributed by atoms with Crippen molar-refractivity contribution in [2.45, 2.75) is 51.6 Å².